The molecule has 0 saturated heterocycles. The Bertz CT molecular complexity index is 1200. The van der Waals surface area contributed by atoms with Gasteiger partial charge in [0, 0.05) is 10.0 Å². The molecule has 0 aliphatic heterocycles. The molecule has 0 aliphatic rings. The Morgan fingerprint density at radius 2 is 1.65 bits per heavy atom. The first kappa shape index (κ1) is 20.6. The summed E-state index contributed by atoms with van der Waals surface area (Å²) in [7, 11) is 1.64. The number of aromatic nitrogens is 2. The van der Waals surface area contributed by atoms with E-state index in [2.05, 4.69) is 26.1 Å². The number of hydrogen-bond acceptors (Lipinski definition) is 6. The van der Waals surface area contributed by atoms with Crippen LogP contribution in [0.2, 0.25) is 0 Å². The number of carboxylic acid groups (broad SMARTS) is 1. The average Bonchev–Trinajstić information content (AvgIpc) is 3.28. The van der Waals surface area contributed by atoms with Crippen LogP contribution >= 0.6 is 15.9 Å². The molecule has 4 rings (SSSR count). The van der Waals surface area contributed by atoms with Gasteiger partial charge in [0.05, 0.1) is 12.7 Å². The maximum atomic E-state index is 10.8. The van der Waals surface area contributed by atoms with E-state index in [4.69, 9.17) is 19.1 Å². The minimum absolute atomic E-state index is 0.302. The number of carboxylic acids is 1. The monoisotopic (exact) mass is 480 g/mol. The zero-order chi connectivity index (χ0) is 21.8. The Labute approximate surface area is 186 Å². The van der Waals surface area contributed by atoms with E-state index >= 15 is 0 Å². The number of ether oxygens (including phenoxy) is 2. The van der Waals surface area contributed by atoms with Crippen molar-refractivity contribution in [3.05, 3.63) is 71.2 Å². The molecule has 0 saturated carbocycles. The van der Waals surface area contributed by atoms with E-state index in [1.807, 2.05) is 48.5 Å². The van der Waals surface area contributed by atoms with Crippen molar-refractivity contribution in [2.45, 2.75) is 0 Å². The highest BCUT2D eigenvalue weighted by molar-refractivity contribution is 9.10. The second kappa shape index (κ2) is 9.01. The number of carbonyl (C=O) groups is 1. The lowest BCUT2D eigenvalue weighted by Gasteiger charge is -2.07. The van der Waals surface area contributed by atoms with Gasteiger partial charge >= 0.3 is 5.97 Å². The molecule has 0 atom stereocenters. The molecule has 31 heavy (non-hydrogen) atoms. The van der Waals surface area contributed by atoms with Crippen LogP contribution in [0, 0.1) is 0 Å². The van der Waals surface area contributed by atoms with Crippen molar-refractivity contribution < 1.29 is 23.9 Å². The Balaban J connectivity index is 1.59. The number of rotatable bonds is 7. The highest BCUT2D eigenvalue weighted by Gasteiger charge is 2.16. The van der Waals surface area contributed by atoms with Gasteiger partial charge in [-0.3, -0.25) is 0 Å². The smallest absolute Gasteiger partial charge is 0.341 e. The fourth-order valence-corrected chi connectivity index (χ4v) is 3.34. The first-order chi connectivity index (χ1) is 15.0. The third kappa shape index (κ3) is 4.75. The predicted molar refractivity (Wildman–Crippen MR) is 118 cm³/mol. The Morgan fingerprint density at radius 1 is 1.00 bits per heavy atom. The summed E-state index contributed by atoms with van der Waals surface area (Å²) in [5, 5.41) is 12.9. The lowest BCUT2D eigenvalue weighted by molar-refractivity contribution is -0.139. The predicted octanol–water partition coefficient (Wildman–Crippen LogP) is 5.31. The maximum absolute atomic E-state index is 10.8. The number of methoxy groups -OCH3 is 1. The molecule has 0 radical (unpaired) electrons. The van der Waals surface area contributed by atoms with Gasteiger partial charge < -0.3 is 19.1 Å². The lowest BCUT2D eigenvalue weighted by Crippen LogP contribution is -2.10. The number of nitrogens with zero attached hydrogens (tertiary/aromatic N) is 2. The van der Waals surface area contributed by atoms with Crippen molar-refractivity contribution >= 4 is 21.9 Å². The fourth-order valence-electron chi connectivity index (χ4n) is 2.98. The van der Waals surface area contributed by atoms with E-state index in [0.717, 1.165) is 26.9 Å². The van der Waals surface area contributed by atoms with E-state index in [1.54, 1.807) is 25.3 Å². The van der Waals surface area contributed by atoms with Crippen LogP contribution in [0.4, 0.5) is 0 Å². The van der Waals surface area contributed by atoms with Gasteiger partial charge in [-0.25, -0.2) is 4.79 Å². The number of benzene rings is 3. The van der Waals surface area contributed by atoms with Gasteiger partial charge in [0.1, 0.15) is 11.5 Å². The largest absolute Gasteiger partial charge is 0.497 e. The van der Waals surface area contributed by atoms with Gasteiger partial charge in [0.25, 0.3) is 5.89 Å². The van der Waals surface area contributed by atoms with E-state index in [1.165, 1.54) is 0 Å². The number of halogens is 1. The number of aliphatic carboxylic acids is 1. The van der Waals surface area contributed by atoms with Crippen molar-refractivity contribution in [3.8, 4) is 45.5 Å². The molecule has 7 nitrogen and oxygen atoms in total. The van der Waals surface area contributed by atoms with Gasteiger partial charge in [0.2, 0.25) is 5.82 Å². The van der Waals surface area contributed by atoms with Crippen LogP contribution in [-0.4, -0.2) is 34.9 Å². The summed E-state index contributed by atoms with van der Waals surface area (Å²) in [4.78, 5) is 15.3. The first-order valence-corrected chi connectivity index (χ1v) is 10.1. The third-order valence-electron chi connectivity index (χ3n) is 4.51. The highest BCUT2D eigenvalue weighted by Crippen LogP contribution is 2.33. The van der Waals surface area contributed by atoms with Crippen molar-refractivity contribution in [1.29, 1.82) is 0 Å². The van der Waals surface area contributed by atoms with Crippen LogP contribution in [-0.2, 0) is 4.79 Å². The van der Waals surface area contributed by atoms with E-state index in [-0.39, 0.29) is 0 Å². The molecule has 1 aromatic heterocycles. The van der Waals surface area contributed by atoms with E-state index < -0.39 is 12.6 Å². The summed E-state index contributed by atoms with van der Waals surface area (Å²) in [6, 6.07) is 20.7. The second-order valence-corrected chi connectivity index (χ2v) is 7.47. The summed E-state index contributed by atoms with van der Waals surface area (Å²) in [5.41, 5.74) is 3.40. The normalized spacial score (nSPS) is 10.6. The molecule has 1 N–H and O–H groups in total. The Kier molecular flexibility index (Phi) is 5.99. The van der Waals surface area contributed by atoms with Gasteiger partial charge in [-0.2, -0.15) is 4.98 Å². The molecule has 156 valence electrons. The molecule has 4 aromatic rings. The zero-order valence-corrected chi connectivity index (χ0v) is 18.0. The standard InChI is InChI=1S/C23H17BrN2O5/c1-29-18-9-6-15(7-10-18)14-2-4-16(5-3-14)23-25-22(26-31-23)19-12-17(24)8-11-20(19)30-13-21(27)28/h2-12H,13H2,1H3,(H,27,28). The summed E-state index contributed by atoms with van der Waals surface area (Å²) in [5.74, 6) is 0.738. The molecule has 0 aliphatic carbocycles. The SMILES string of the molecule is COc1ccc(-c2ccc(-c3nc(-c4cc(Br)ccc4OCC(=O)O)no3)cc2)cc1. The molecule has 3 aromatic carbocycles. The van der Waals surface area contributed by atoms with Crippen LogP contribution in [0.1, 0.15) is 0 Å². The van der Waals surface area contributed by atoms with Gasteiger partial charge in [-0.15, -0.1) is 0 Å². The van der Waals surface area contributed by atoms with Crippen molar-refractivity contribution in [1.82, 2.24) is 10.1 Å². The second-order valence-electron chi connectivity index (χ2n) is 6.55. The molecule has 0 bridgehead atoms. The van der Waals surface area contributed by atoms with Gasteiger partial charge in [-0.05, 0) is 53.6 Å². The molecular weight excluding hydrogens is 464 g/mol. The molecule has 1 heterocycles. The maximum Gasteiger partial charge on any atom is 0.341 e. The third-order valence-corrected chi connectivity index (χ3v) is 5.01. The average molecular weight is 481 g/mol. The summed E-state index contributed by atoms with van der Waals surface area (Å²) in [6.45, 7) is -0.466. The molecule has 0 fully saturated rings. The van der Waals surface area contributed by atoms with Gasteiger partial charge in [-0.1, -0.05) is 45.4 Å². The van der Waals surface area contributed by atoms with Crippen LogP contribution in [0.5, 0.6) is 11.5 Å². The van der Waals surface area contributed by atoms with Crippen LogP contribution in [0.3, 0.4) is 0 Å². The molecule has 8 heteroatoms. The van der Waals surface area contributed by atoms with E-state index in [0.29, 0.717) is 23.0 Å². The van der Waals surface area contributed by atoms with E-state index in [9.17, 15) is 4.79 Å². The molecule has 0 spiro atoms. The Morgan fingerprint density at radius 3 is 2.29 bits per heavy atom. The fraction of sp³-hybridized carbons (Fsp3) is 0.0870. The molecule has 0 unspecified atom stereocenters. The minimum atomic E-state index is -1.07. The van der Waals surface area contributed by atoms with Crippen molar-refractivity contribution in [2.24, 2.45) is 0 Å². The topological polar surface area (TPSA) is 94.7 Å². The van der Waals surface area contributed by atoms with Gasteiger partial charge in [0.15, 0.2) is 6.61 Å². The van der Waals surface area contributed by atoms with Crippen LogP contribution in [0.25, 0.3) is 34.0 Å². The lowest BCUT2D eigenvalue weighted by atomic mass is 10.0. The van der Waals surface area contributed by atoms with Crippen molar-refractivity contribution in [3.63, 3.8) is 0 Å². The summed E-state index contributed by atoms with van der Waals surface area (Å²) in [6.07, 6.45) is 0. The first-order valence-electron chi connectivity index (χ1n) is 9.26. The minimum Gasteiger partial charge on any atom is -0.497 e. The van der Waals surface area contributed by atoms with Crippen LogP contribution in [0.15, 0.2) is 75.7 Å². The molecule has 0 amide bonds. The van der Waals surface area contributed by atoms with Crippen LogP contribution < -0.4 is 9.47 Å². The molecular formula is C23H17BrN2O5. The Hall–Kier alpha value is -3.65. The zero-order valence-electron chi connectivity index (χ0n) is 16.4. The summed E-state index contributed by atoms with van der Waals surface area (Å²) < 4.78 is 16.8. The highest BCUT2D eigenvalue weighted by atomic mass is 79.9. The summed E-state index contributed by atoms with van der Waals surface area (Å²) >= 11 is 3.40. The quantitative estimate of drug-likeness (QED) is 0.383. The number of hydrogen-bond donors (Lipinski definition) is 1. The van der Waals surface area contributed by atoms with Crippen molar-refractivity contribution in [2.75, 3.05) is 13.7 Å².